The lowest BCUT2D eigenvalue weighted by Crippen LogP contribution is -2.66. The number of carbonyl (C=O) groups is 1. The lowest BCUT2D eigenvalue weighted by molar-refractivity contribution is -0.314. The van der Waals surface area contributed by atoms with E-state index < -0.39 is 110 Å². The molecule has 3 aliphatic rings. The van der Waals surface area contributed by atoms with Crippen molar-refractivity contribution in [2.24, 2.45) is 32.9 Å². The number of aliphatic hydroxyl groups excluding tert-OH is 6. The minimum Gasteiger partial charge on any atom is -0.394 e. The van der Waals surface area contributed by atoms with Gasteiger partial charge in [-0.2, -0.15) is 0 Å². The lowest BCUT2D eigenvalue weighted by atomic mass is 9.81. The van der Waals surface area contributed by atoms with E-state index in [0.29, 0.717) is 0 Å². The van der Waals surface area contributed by atoms with Crippen LogP contribution in [0.5, 0.6) is 0 Å². The van der Waals surface area contributed by atoms with Gasteiger partial charge in [0.15, 0.2) is 36.4 Å². The fraction of sp³-hybridized carbons (Fsp3) is 0.857. The predicted molar refractivity (Wildman–Crippen MR) is 133 cm³/mol. The summed E-state index contributed by atoms with van der Waals surface area (Å²) in [5.74, 6) is -1.03. The summed E-state index contributed by atoms with van der Waals surface area (Å²) in [6, 6.07) is -4.08. The Bertz CT molecular complexity index is 940. The molecular formula is C21H39N7O12. The molecule has 0 aromatic rings. The molecule has 2 aliphatic heterocycles. The first-order valence-corrected chi connectivity index (χ1v) is 12.4. The maximum absolute atomic E-state index is 12.1. The Morgan fingerprint density at radius 3 is 2.02 bits per heavy atom. The van der Waals surface area contributed by atoms with E-state index in [-0.39, 0.29) is 6.29 Å². The second kappa shape index (κ2) is 12.7. The van der Waals surface area contributed by atoms with Crippen LogP contribution >= 0.6 is 0 Å². The third-order valence-electron chi connectivity index (χ3n) is 7.34. The number of guanidine groups is 2. The summed E-state index contributed by atoms with van der Waals surface area (Å²) >= 11 is 0. The van der Waals surface area contributed by atoms with Crippen molar-refractivity contribution in [3.8, 4) is 0 Å². The molecule has 0 spiro atoms. The Balaban J connectivity index is 1.96. The van der Waals surface area contributed by atoms with Gasteiger partial charge in [0, 0.05) is 0 Å². The fourth-order valence-electron chi connectivity index (χ4n) is 5.08. The van der Waals surface area contributed by atoms with Gasteiger partial charge in [0.1, 0.15) is 60.9 Å². The van der Waals surface area contributed by atoms with Crippen LogP contribution in [-0.4, -0.2) is 159 Å². The van der Waals surface area contributed by atoms with Gasteiger partial charge in [-0.05, 0) is 14.0 Å². The van der Waals surface area contributed by atoms with Crippen molar-refractivity contribution in [2.45, 2.75) is 98.2 Å². The zero-order chi connectivity index (χ0) is 30.1. The van der Waals surface area contributed by atoms with Gasteiger partial charge in [0.25, 0.3) is 0 Å². The zero-order valence-corrected chi connectivity index (χ0v) is 21.7. The standard InChI is InChI=1S/C21H39N7O12/c1-5-21(36,4-30)16(40-17-9(26-2)13(34)10(31)6(3-29)38-17)18(37-5)39-15-8(28-20(24)25)11(32)7(27-19(22)23)12(33)14(15)35/h4-18,26,29,31-36H,3H2,1-2H3,(H4,22,23,27)(H4,24,25,28)/t5-,6-,7-,8+,9+,10+,11+,12-,13-,14-,15+,16-,17+,18+,21-/m1/s1. The van der Waals surface area contributed by atoms with Gasteiger partial charge in [-0.15, -0.1) is 0 Å². The molecular weight excluding hydrogens is 542 g/mol. The number of nitrogens with one attached hydrogen (secondary N) is 1. The van der Waals surface area contributed by atoms with Gasteiger partial charge in [0.2, 0.25) is 0 Å². The number of hydrogen-bond donors (Lipinski definition) is 12. The maximum atomic E-state index is 12.1. The number of nitrogens with zero attached hydrogens (tertiary/aromatic N) is 2. The monoisotopic (exact) mass is 581 g/mol. The Kier molecular flexibility index (Phi) is 10.2. The number of aldehydes is 1. The van der Waals surface area contributed by atoms with Crippen molar-refractivity contribution >= 4 is 18.2 Å². The van der Waals surface area contributed by atoms with Crippen LogP contribution < -0.4 is 28.3 Å². The number of aliphatic imine (C=N–C) groups is 2. The van der Waals surface area contributed by atoms with Crippen LogP contribution in [0, 0.1) is 0 Å². The molecule has 19 heteroatoms. The van der Waals surface area contributed by atoms with Crippen LogP contribution in [0.15, 0.2) is 9.98 Å². The first-order chi connectivity index (χ1) is 18.7. The third kappa shape index (κ3) is 6.00. The Morgan fingerprint density at radius 1 is 0.900 bits per heavy atom. The molecule has 40 heavy (non-hydrogen) atoms. The van der Waals surface area contributed by atoms with Crippen molar-refractivity contribution in [1.29, 1.82) is 0 Å². The minimum absolute atomic E-state index is 0.140. The minimum atomic E-state index is -2.38. The topological polar surface area (TPSA) is 336 Å². The summed E-state index contributed by atoms with van der Waals surface area (Å²) < 4.78 is 22.9. The summed E-state index contributed by atoms with van der Waals surface area (Å²) in [5, 5.41) is 76.6. The number of likely N-dealkylation sites (N-methyl/N-ethyl adjacent to an activating group) is 1. The summed E-state index contributed by atoms with van der Waals surface area (Å²) in [6.45, 7) is 0.620. The molecule has 0 amide bonds. The van der Waals surface area contributed by atoms with Crippen LogP contribution in [0.1, 0.15) is 6.92 Å². The van der Waals surface area contributed by atoms with Gasteiger partial charge in [-0.3, -0.25) is 4.79 Å². The molecule has 0 aromatic carbocycles. The van der Waals surface area contributed by atoms with E-state index in [9.17, 15) is 40.5 Å². The number of ether oxygens (including phenoxy) is 4. The summed E-state index contributed by atoms with van der Waals surface area (Å²) in [7, 11) is 1.42. The second-order valence-electron chi connectivity index (χ2n) is 9.89. The summed E-state index contributed by atoms with van der Waals surface area (Å²) in [6.07, 6.45) is -17.3. The van der Waals surface area contributed by atoms with Crippen LogP contribution in [-0.2, 0) is 23.7 Å². The molecule has 19 nitrogen and oxygen atoms in total. The van der Waals surface area contributed by atoms with Crippen molar-refractivity contribution < 1.29 is 59.5 Å². The Morgan fingerprint density at radius 2 is 1.50 bits per heavy atom. The van der Waals surface area contributed by atoms with E-state index >= 15 is 0 Å². The molecule has 1 aliphatic carbocycles. The van der Waals surface area contributed by atoms with E-state index in [1.807, 2.05) is 0 Å². The molecule has 1 saturated carbocycles. The second-order valence-corrected chi connectivity index (χ2v) is 9.89. The van der Waals surface area contributed by atoms with E-state index in [2.05, 4.69) is 15.3 Å². The quantitative estimate of drug-likeness (QED) is 0.0682. The molecule has 2 saturated heterocycles. The largest absolute Gasteiger partial charge is 0.394 e. The van der Waals surface area contributed by atoms with Gasteiger partial charge >= 0.3 is 0 Å². The maximum Gasteiger partial charge on any atom is 0.188 e. The highest BCUT2D eigenvalue weighted by atomic mass is 16.8. The molecule has 0 unspecified atom stereocenters. The SMILES string of the molecule is CN[C@@H]1[C@H](O[C@@H]2[C@H](O[C@@H]3[C@H](O)[C@H](O)[C@H](N=C(N)N)[C@H](O)[C@@H]3N=C(N)N)O[C@H](C)[C@]2(O)C=O)O[C@H](CO)[C@H](O)[C@@H]1O. The third-order valence-corrected chi connectivity index (χ3v) is 7.34. The number of aliphatic hydroxyl groups is 7. The summed E-state index contributed by atoms with van der Waals surface area (Å²) in [4.78, 5) is 19.7. The van der Waals surface area contributed by atoms with Crippen LogP contribution in [0.4, 0.5) is 0 Å². The van der Waals surface area contributed by atoms with E-state index in [1.54, 1.807) is 0 Å². The Labute approximate surface area is 228 Å². The molecule has 0 radical (unpaired) electrons. The van der Waals surface area contributed by atoms with Gasteiger partial charge in [-0.25, -0.2) is 9.98 Å². The highest BCUT2D eigenvalue weighted by molar-refractivity contribution is 5.76. The lowest BCUT2D eigenvalue weighted by Gasteiger charge is -2.45. The molecule has 3 rings (SSSR count). The van der Waals surface area contributed by atoms with Crippen molar-refractivity contribution in [3.63, 3.8) is 0 Å². The highest BCUT2D eigenvalue weighted by Gasteiger charge is 2.60. The Hall–Kier alpha value is -2.27. The average molecular weight is 582 g/mol. The van der Waals surface area contributed by atoms with Crippen molar-refractivity contribution in [2.75, 3.05) is 13.7 Å². The number of hydrogen-bond acceptors (Lipinski definition) is 15. The van der Waals surface area contributed by atoms with Crippen LogP contribution in [0.3, 0.4) is 0 Å². The smallest absolute Gasteiger partial charge is 0.188 e. The predicted octanol–water partition coefficient (Wildman–Crippen LogP) is -8.16. The molecule has 0 bridgehead atoms. The van der Waals surface area contributed by atoms with Crippen LogP contribution in [0.25, 0.3) is 0 Å². The normalized spacial score (nSPS) is 47.4. The highest BCUT2D eigenvalue weighted by Crippen LogP contribution is 2.38. The molecule has 15 atom stereocenters. The molecule has 3 fully saturated rings. The summed E-state index contributed by atoms with van der Waals surface area (Å²) in [5.41, 5.74) is 19.4. The molecule has 0 aromatic heterocycles. The fourth-order valence-corrected chi connectivity index (χ4v) is 5.08. The number of carbonyl (C=O) groups excluding carboxylic acids is 1. The average Bonchev–Trinajstić information content (AvgIpc) is 3.13. The first kappa shape index (κ1) is 32.2. The molecule has 230 valence electrons. The number of nitrogens with two attached hydrogens (primary N) is 4. The molecule has 16 N–H and O–H groups in total. The molecule has 2 heterocycles. The van der Waals surface area contributed by atoms with E-state index in [4.69, 9.17) is 41.9 Å². The first-order valence-electron chi connectivity index (χ1n) is 12.4. The van der Waals surface area contributed by atoms with Crippen molar-refractivity contribution in [1.82, 2.24) is 5.32 Å². The van der Waals surface area contributed by atoms with Gasteiger partial charge in [0.05, 0.1) is 18.8 Å². The van der Waals surface area contributed by atoms with Crippen LogP contribution in [0.2, 0.25) is 0 Å². The van der Waals surface area contributed by atoms with E-state index in [0.717, 1.165) is 0 Å². The van der Waals surface area contributed by atoms with Gasteiger partial charge < -0.3 is 82.9 Å². The van der Waals surface area contributed by atoms with E-state index in [1.165, 1.54) is 14.0 Å². The number of rotatable bonds is 9. The van der Waals surface area contributed by atoms with Gasteiger partial charge in [-0.1, -0.05) is 0 Å². The van der Waals surface area contributed by atoms with Crippen molar-refractivity contribution in [3.05, 3.63) is 0 Å². The zero-order valence-electron chi connectivity index (χ0n) is 21.7.